The topological polar surface area (TPSA) is 73.8 Å². The third kappa shape index (κ3) is 3.42. The van der Waals surface area contributed by atoms with Crippen molar-refractivity contribution in [1.29, 1.82) is 0 Å². The van der Waals surface area contributed by atoms with Crippen LogP contribution in [0.25, 0.3) is 0 Å². The molecule has 2 saturated heterocycles. The Hall–Kier alpha value is -2.44. The van der Waals surface area contributed by atoms with Crippen molar-refractivity contribution in [2.24, 2.45) is 5.92 Å². The van der Waals surface area contributed by atoms with Gasteiger partial charge in [-0.3, -0.25) is 19.5 Å². The lowest BCUT2D eigenvalue weighted by atomic mass is 9.85. The number of hydrogen-bond donors (Lipinski definition) is 0. The fraction of sp³-hybridized carbons (Fsp3) is 0.600. The fourth-order valence-corrected chi connectivity index (χ4v) is 3.97. The van der Waals surface area contributed by atoms with Gasteiger partial charge < -0.3 is 9.80 Å². The second-order valence-corrected chi connectivity index (χ2v) is 7.70. The predicted octanol–water partition coefficient (Wildman–Crippen LogP) is 2.39. The van der Waals surface area contributed by atoms with Gasteiger partial charge in [0.1, 0.15) is 11.2 Å². The molecule has 0 saturated carbocycles. The summed E-state index contributed by atoms with van der Waals surface area (Å²) >= 11 is 0. The number of rotatable bonds is 5. The molecule has 2 fully saturated rings. The van der Waals surface area contributed by atoms with Crippen LogP contribution in [0.15, 0.2) is 24.4 Å². The van der Waals surface area contributed by atoms with Gasteiger partial charge in [-0.2, -0.15) is 0 Å². The van der Waals surface area contributed by atoms with Crippen molar-refractivity contribution in [1.82, 2.24) is 19.7 Å². The first-order valence-corrected chi connectivity index (χ1v) is 9.74. The Balaban J connectivity index is 1.77. The highest BCUT2D eigenvalue weighted by Crippen LogP contribution is 2.37. The van der Waals surface area contributed by atoms with E-state index < -0.39 is 5.54 Å². The summed E-state index contributed by atoms with van der Waals surface area (Å²) < 4.78 is 0. The smallest absolute Gasteiger partial charge is 0.327 e. The predicted molar refractivity (Wildman–Crippen MR) is 101 cm³/mol. The van der Waals surface area contributed by atoms with Gasteiger partial charge >= 0.3 is 6.03 Å². The number of carbonyl (C=O) groups excluding carboxylic acids is 3. The molecule has 0 aliphatic carbocycles. The molecule has 146 valence electrons. The van der Waals surface area contributed by atoms with Gasteiger partial charge in [0.05, 0.1) is 0 Å². The summed E-state index contributed by atoms with van der Waals surface area (Å²) in [6, 6.07) is 5.08. The fourth-order valence-electron chi connectivity index (χ4n) is 3.97. The Kier molecular flexibility index (Phi) is 5.48. The minimum Gasteiger partial charge on any atom is -0.337 e. The zero-order valence-electron chi connectivity index (χ0n) is 16.4. The lowest BCUT2D eigenvalue weighted by Crippen LogP contribution is -2.57. The average molecular weight is 372 g/mol. The molecular weight excluding hydrogens is 344 g/mol. The maximum atomic E-state index is 13.1. The van der Waals surface area contributed by atoms with E-state index in [9.17, 15) is 14.4 Å². The van der Waals surface area contributed by atoms with E-state index >= 15 is 0 Å². The molecular formula is C20H28N4O3. The van der Waals surface area contributed by atoms with Crippen LogP contribution in [-0.2, 0) is 4.79 Å². The highest BCUT2D eigenvalue weighted by molar-refractivity contribution is 6.07. The van der Waals surface area contributed by atoms with Gasteiger partial charge in [0.2, 0.25) is 0 Å². The van der Waals surface area contributed by atoms with E-state index in [4.69, 9.17) is 0 Å². The van der Waals surface area contributed by atoms with Gasteiger partial charge in [-0.05, 0) is 44.2 Å². The summed E-state index contributed by atoms with van der Waals surface area (Å²) in [4.78, 5) is 47.5. The summed E-state index contributed by atoms with van der Waals surface area (Å²) in [5.74, 6) is 0.221. The molecule has 1 aromatic rings. The van der Waals surface area contributed by atoms with E-state index in [-0.39, 0.29) is 17.8 Å². The molecule has 1 spiro atoms. The van der Waals surface area contributed by atoms with Crippen LogP contribution >= 0.6 is 0 Å². The van der Waals surface area contributed by atoms with Crippen LogP contribution in [0.2, 0.25) is 0 Å². The van der Waals surface area contributed by atoms with Gasteiger partial charge in [-0.15, -0.1) is 0 Å². The molecule has 0 atom stereocenters. The SMILES string of the molecule is CCN1C(=O)N(CCC(C)C)C2(CCN(C(=O)c3ccccn3)CC2)C1=O. The van der Waals surface area contributed by atoms with E-state index in [1.807, 2.05) is 6.92 Å². The number of aromatic nitrogens is 1. The summed E-state index contributed by atoms with van der Waals surface area (Å²) in [5.41, 5.74) is -0.391. The third-order valence-electron chi connectivity index (χ3n) is 5.63. The maximum absolute atomic E-state index is 13.1. The molecule has 0 radical (unpaired) electrons. The maximum Gasteiger partial charge on any atom is 0.327 e. The monoisotopic (exact) mass is 372 g/mol. The number of likely N-dealkylation sites (tertiary alicyclic amines) is 1. The van der Waals surface area contributed by atoms with Crippen LogP contribution in [0, 0.1) is 5.92 Å². The van der Waals surface area contributed by atoms with Crippen molar-refractivity contribution in [2.75, 3.05) is 26.2 Å². The summed E-state index contributed by atoms with van der Waals surface area (Å²) in [7, 11) is 0. The Labute approximate surface area is 160 Å². The van der Waals surface area contributed by atoms with Gasteiger partial charge in [0.15, 0.2) is 0 Å². The van der Waals surface area contributed by atoms with Gasteiger partial charge in [0.25, 0.3) is 11.8 Å². The Morgan fingerprint density at radius 3 is 2.48 bits per heavy atom. The number of likely N-dealkylation sites (N-methyl/N-ethyl adjacent to an activating group) is 1. The molecule has 2 aliphatic rings. The first-order chi connectivity index (χ1) is 12.9. The van der Waals surface area contributed by atoms with Crippen LogP contribution in [-0.4, -0.2) is 69.2 Å². The van der Waals surface area contributed by atoms with Crippen molar-refractivity contribution in [3.63, 3.8) is 0 Å². The van der Waals surface area contributed by atoms with Crippen LogP contribution in [0.5, 0.6) is 0 Å². The number of pyridine rings is 1. The number of imide groups is 1. The second kappa shape index (κ2) is 7.66. The largest absolute Gasteiger partial charge is 0.337 e. The molecule has 7 heteroatoms. The molecule has 0 bridgehead atoms. The quantitative estimate of drug-likeness (QED) is 0.744. The average Bonchev–Trinajstić information content (AvgIpc) is 2.87. The van der Waals surface area contributed by atoms with Crippen molar-refractivity contribution in [3.8, 4) is 0 Å². The number of nitrogens with zero attached hydrogens (tertiary/aromatic N) is 4. The van der Waals surface area contributed by atoms with E-state index in [0.29, 0.717) is 50.6 Å². The van der Waals surface area contributed by atoms with Crippen LogP contribution in [0.3, 0.4) is 0 Å². The van der Waals surface area contributed by atoms with Crippen LogP contribution < -0.4 is 0 Å². The third-order valence-corrected chi connectivity index (χ3v) is 5.63. The molecule has 0 unspecified atom stereocenters. The Morgan fingerprint density at radius 1 is 1.22 bits per heavy atom. The lowest BCUT2D eigenvalue weighted by Gasteiger charge is -2.42. The van der Waals surface area contributed by atoms with Gasteiger partial charge in [-0.1, -0.05) is 19.9 Å². The summed E-state index contributed by atoms with van der Waals surface area (Å²) in [5, 5.41) is 0. The summed E-state index contributed by atoms with van der Waals surface area (Å²) in [6.45, 7) is 7.91. The Bertz CT molecular complexity index is 711. The standard InChI is InChI=1S/C20H28N4O3/c1-4-23-18(26)20(24(19(23)27)12-8-15(2)3)9-13-22(14-10-20)17(25)16-7-5-6-11-21-16/h5-7,11,15H,4,8-10,12-14H2,1-3H3. The molecule has 2 aliphatic heterocycles. The number of urea groups is 1. The lowest BCUT2D eigenvalue weighted by molar-refractivity contribution is -0.135. The minimum atomic E-state index is -0.803. The van der Waals surface area contributed by atoms with Crippen molar-refractivity contribution in [3.05, 3.63) is 30.1 Å². The van der Waals surface area contributed by atoms with E-state index in [1.165, 1.54) is 4.90 Å². The highest BCUT2D eigenvalue weighted by atomic mass is 16.2. The molecule has 1 aromatic heterocycles. The molecule has 3 heterocycles. The van der Waals surface area contributed by atoms with Crippen LogP contribution in [0.4, 0.5) is 4.79 Å². The number of amides is 4. The van der Waals surface area contributed by atoms with Crippen molar-refractivity contribution < 1.29 is 14.4 Å². The van der Waals surface area contributed by atoms with E-state index in [2.05, 4.69) is 18.8 Å². The number of carbonyl (C=O) groups is 3. The molecule has 4 amide bonds. The van der Waals surface area contributed by atoms with E-state index in [0.717, 1.165) is 6.42 Å². The first kappa shape index (κ1) is 19.3. The van der Waals surface area contributed by atoms with Gasteiger partial charge in [0, 0.05) is 32.4 Å². The van der Waals surface area contributed by atoms with E-state index in [1.54, 1.807) is 34.2 Å². The minimum absolute atomic E-state index is 0.108. The first-order valence-electron chi connectivity index (χ1n) is 9.74. The normalized spacial score (nSPS) is 19.5. The molecule has 3 rings (SSSR count). The second-order valence-electron chi connectivity index (χ2n) is 7.70. The molecule has 0 aromatic carbocycles. The zero-order valence-corrected chi connectivity index (χ0v) is 16.4. The van der Waals surface area contributed by atoms with Crippen molar-refractivity contribution >= 4 is 17.8 Å². The summed E-state index contributed by atoms with van der Waals surface area (Å²) in [6.07, 6.45) is 3.41. The molecule has 0 N–H and O–H groups in total. The number of piperidine rings is 1. The van der Waals surface area contributed by atoms with Crippen LogP contribution in [0.1, 0.15) is 50.5 Å². The molecule has 7 nitrogen and oxygen atoms in total. The van der Waals surface area contributed by atoms with Gasteiger partial charge in [-0.25, -0.2) is 4.79 Å². The Morgan fingerprint density at radius 2 is 1.93 bits per heavy atom. The highest BCUT2D eigenvalue weighted by Gasteiger charge is 2.57. The zero-order chi connectivity index (χ0) is 19.6. The van der Waals surface area contributed by atoms with Crippen molar-refractivity contribution in [2.45, 2.75) is 45.6 Å². The molecule has 27 heavy (non-hydrogen) atoms. The number of hydrogen-bond acceptors (Lipinski definition) is 4.